The molecule has 1 heterocycles. The Balaban J connectivity index is 2.54. The molecule has 90 valence electrons. The Bertz CT molecular complexity index is 356. The summed E-state index contributed by atoms with van der Waals surface area (Å²) < 4.78 is 0.867. The van der Waals surface area contributed by atoms with Gasteiger partial charge in [-0.2, -0.15) is 0 Å². The third kappa shape index (κ3) is 4.27. The molecule has 1 amide bonds. The highest BCUT2D eigenvalue weighted by molar-refractivity contribution is 8.01. The molecular weight excluding hydrogens is 266 g/mol. The van der Waals surface area contributed by atoms with E-state index in [1.807, 2.05) is 0 Å². The molecule has 1 aromatic heterocycles. The second-order valence-corrected chi connectivity index (χ2v) is 6.63. The molecule has 0 saturated heterocycles. The summed E-state index contributed by atoms with van der Waals surface area (Å²) in [5.41, 5.74) is 0. The standard InChI is InChI=1S/C9H14ClN3OS2/c1-4-5(2)15-9-13-12-8(16-9)11-7(14)6(3)10/h5-6H,4H2,1-3H3,(H,11,12,14). The van der Waals surface area contributed by atoms with E-state index in [1.54, 1.807) is 18.7 Å². The summed E-state index contributed by atoms with van der Waals surface area (Å²) in [6, 6.07) is 0. The van der Waals surface area contributed by atoms with Crippen LogP contribution in [-0.2, 0) is 4.79 Å². The molecule has 1 aromatic rings. The predicted octanol–water partition coefficient (Wildman–Crippen LogP) is 2.99. The molecule has 2 atom stereocenters. The lowest BCUT2D eigenvalue weighted by Crippen LogP contribution is -2.20. The second kappa shape index (κ2) is 6.42. The number of nitrogens with zero attached hydrogens (tertiary/aromatic N) is 2. The van der Waals surface area contributed by atoms with Gasteiger partial charge in [0, 0.05) is 5.25 Å². The van der Waals surface area contributed by atoms with Crippen LogP contribution in [0.25, 0.3) is 0 Å². The largest absolute Gasteiger partial charge is 0.299 e. The van der Waals surface area contributed by atoms with Crippen LogP contribution in [0.5, 0.6) is 0 Å². The lowest BCUT2D eigenvalue weighted by molar-refractivity contribution is -0.115. The van der Waals surface area contributed by atoms with Gasteiger partial charge in [-0.1, -0.05) is 36.9 Å². The first-order valence-corrected chi connectivity index (χ1v) is 7.11. The molecule has 0 aromatic carbocycles. The van der Waals surface area contributed by atoms with E-state index < -0.39 is 5.38 Å². The Kier molecular flexibility index (Phi) is 5.51. The number of nitrogens with one attached hydrogen (secondary N) is 1. The number of aromatic nitrogens is 2. The number of hydrogen-bond acceptors (Lipinski definition) is 5. The fourth-order valence-electron chi connectivity index (χ4n) is 0.768. The van der Waals surface area contributed by atoms with Crippen LogP contribution < -0.4 is 5.32 Å². The normalized spacial score (nSPS) is 14.5. The summed E-state index contributed by atoms with van der Waals surface area (Å²) in [5, 5.41) is 10.9. The average molecular weight is 280 g/mol. The molecule has 16 heavy (non-hydrogen) atoms. The minimum Gasteiger partial charge on any atom is -0.299 e. The molecule has 0 fully saturated rings. The van der Waals surface area contributed by atoms with Crippen molar-refractivity contribution in [2.75, 3.05) is 5.32 Å². The summed E-state index contributed by atoms with van der Waals surface area (Å²) >= 11 is 8.66. The maximum atomic E-state index is 11.3. The average Bonchev–Trinajstić information content (AvgIpc) is 2.65. The van der Waals surface area contributed by atoms with Gasteiger partial charge in [-0.3, -0.25) is 10.1 Å². The minimum atomic E-state index is -0.561. The molecular formula is C9H14ClN3OS2. The van der Waals surface area contributed by atoms with Gasteiger partial charge >= 0.3 is 0 Å². The van der Waals surface area contributed by atoms with Gasteiger partial charge in [0.05, 0.1) is 0 Å². The zero-order valence-corrected chi connectivity index (χ0v) is 11.7. The molecule has 0 bridgehead atoms. The van der Waals surface area contributed by atoms with Crippen LogP contribution in [0, 0.1) is 0 Å². The lowest BCUT2D eigenvalue weighted by atomic mass is 10.4. The van der Waals surface area contributed by atoms with Gasteiger partial charge in [-0.15, -0.1) is 21.8 Å². The number of carbonyl (C=O) groups is 1. The molecule has 0 radical (unpaired) electrons. The predicted molar refractivity (Wildman–Crippen MR) is 69.5 cm³/mol. The van der Waals surface area contributed by atoms with E-state index in [0.29, 0.717) is 10.4 Å². The van der Waals surface area contributed by atoms with Crippen molar-refractivity contribution >= 4 is 45.7 Å². The highest BCUT2D eigenvalue weighted by Gasteiger charge is 2.13. The molecule has 2 unspecified atom stereocenters. The van der Waals surface area contributed by atoms with E-state index in [-0.39, 0.29) is 5.91 Å². The zero-order chi connectivity index (χ0) is 12.1. The molecule has 7 heteroatoms. The molecule has 1 N–H and O–H groups in total. The smallest absolute Gasteiger partial charge is 0.243 e. The van der Waals surface area contributed by atoms with E-state index >= 15 is 0 Å². The van der Waals surface area contributed by atoms with Crippen molar-refractivity contribution in [2.24, 2.45) is 0 Å². The summed E-state index contributed by atoms with van der Waals surface area (Å²) in [5.74, 6) is -0.252. The molecule has 0 saturated carbocycles. The molecule has 4 nitrogen and oxygen atoms in total. The highest BCUT2D eigenvalue weighted by atomic mass is 35.5. The first-order chi connectivity index (χ1) is 7.52. The molecule has 0 spiro atoms. The van der Waals surface area contributed by atoms with Gasteiger partial charge in [-0.25, -0.2) is 0 Å². The number of anilines is 1. The summed E-state index contributed by atoms with van der Waals surface area (Å²) in [4.78, 5) is 11.3. The van der Waals surface area contributed by atoms with Gasteiger partial charge in [-0.05, 0) is 13.3 Å². The van der Waals surface area contributed by atoms with Gasteiger partial charge < -0.3 is 0 Å². The van der Waals surface area contributed by atoms with E-state index in [9.17, 15) is 4.79 Å². The minimum absolute atomic E-state index is 0.252. The number of rotatable bonds is 5. The van der Waals surface area contributed by atoms with E-state index in [1.165, 1.54) is 11.3 Å². The maximum Gasteiger partial charge on any atom is 0.243 e. The van der Waals surface area contributed by atoms with Gasteiger partial charge in [0.15, 0.2) is 4.34 Å². The number of amides is 1. The van der Waals surface area contributed by atoms with Gasteiger partial charge in [0.2, 0.25) is 11.0 Å². The van der Waals surface area contributed by atoms with Crippen LogP contribution in [0.15, 0.2) is 4.34 Å². The topological polar surface area (TPSA) is 54.9 Å². The van der Waals surface area contributed by atoms with Gasteiger partial charge in [0.25, 0.3) is 0 Å². The number of halogens is 1. The van der Waals surface area contributed by atoms with Crippen molar-refractivity contribution in [1.29, 1.82) is 0 Å². The summed E-state index contributed by atoms with van der Waals surface area (Å²) in [7, 11) is 0. The van der Waals surface area contributed by atoms with Crippen LogP contribution in [0.1, 0.15) is 27.2 Å². The number of alkyl halides is 1. The first-order valence-electron chi connectivity index (χ1n) is 4.98. The monoisotopic (exact) mass is 279 g/mol. The molecule has 0 aliphatic carbocycles. The Morgan fingerprint density at radius 2 is 2.25 bits per heavy atom. The van der Waals surface area contributed by atoms with Crippen molar-refractivity contribution in [3.05, 3.63) is 0 Å². The van der Waals surface area contributed by atoms with E-state index in [4.69, 9.17) is 11.6 Å². The number of thioether (sulfide) groups is 1. The first kappa shape index (κ1) is 13.7. The van der Waals surface area contributed by atoms with Crippen LogP contribution in [-0.4, -0.2) is 26.7 Å². The summed E-state index contributed by atoms with van der Waals surface area (Å²) in [6.45, 7) is 5.87. The molecule has 0 aliphatic rings. The molecule has 0 aliphatic heterocycles. The highest BCUT2D eigenvalue weighted by Crippen LogP contribution is 2.29. The summed E-state index contributed by atoms with van der Waals surface area (Å²) in [6.07, 6.45) is 1.07. The molecule has 1 rings (SSSR count). The van der Waals surface area contributed by atoms with E-state index in [0.717, 1.165) is 10.8 Å². The Labute approximate surface area is 108 Å². The quantitative estimate of drug-likeness (QED) is 0.511. The van der Waals surface area contributed by atoms with Crippen molar-refractivity contribution in [3.63, 3.8) is 0 Å². The van der Waals surface area contributed by atoms with Crippen molar-refractivity contribution in [2.45, 2.75) is 42.2 Å². The zero-order valence-electron chi connectivity index (χ0n) is 9.36. The fourth-order valence-corrected chi connectivity index (χ4v) is 2.82. The van der Waals surface area contributed by atoms with Crippen molar-refractivity contribution in [3.8, 4) is 0 Å². The fraction of sp³-hybridized carbons (Fsp3) is 0.667. The second-order valence-electron chi connectivity index (χ2n) is 3.32. The SMILES string of the molecule is CCC(C)Sc1nnc(NC(=O)C(C)Cl)s1. The number of hydrogen-bond donors (Lipinski definition) is 1. The lowest BCUT2D eigenvalue weighted by Gasteiger charge is -2.02. The van der Waals surface area contributed by atoms with Crippen LogP contribution in [0.2, 0.25) is 0 Å². The van der Waals surface area contributed by atoms with Crippen LogP contribution in [0.3, 0.4) is 0 Å². The third-order valence-electron chi connectivity index (χ3n) is 1.87. The third-order valence-corrected chi connectivity index (χ3v) is 4.26. The van der Waals surface area contributed by atoms with Crippen LogP contribution in [0.4, 0.5) is 5.13 Å². The van der Waals surface area contributed by atoms with E-state index in [2.05, 4.69) is 29.4 Å². The Morgan fingerprint density at radius 1 is 1.56 bits per heavy atom. The van der Waals surface area contributed by atoms with Crippen molar-refractivity contribution < 1.29 is 4.79 Å². The maximum absolute atomic E-state index is 11.3. The van der Waals surface area contributed by atoms with Crippen molar-refractivity contribution in [1.82, 2.24) is 10.2 Å². The van der Waals surface area contributed by atoms with Crippen LogP contribution >= 0.6 is 34.7 Å². The Morgan fingerprint density at radius 3 is 2.81 bits per heavy atom. The number of carbonyl (C=O) groups excluding carboxylic acids is 1. The Hall–Kier alpha value is -0.330. The van der Waals surface area contributed by atoms with Gasteiger partial charge in [0.1, 0.15) is 5.38 Å².